The Morgan fingerprint density at radius 2 is 2.24 bits per heavy atom. The van der Waals surface area contributed by atoms with Crippen molar-refractivity contribution in [3.05, 3.63) is 0 Å². The van der Waals surface area contributed by atoms with Crippen molar-refractivity contribution in [3.8, 4) is 0 Å². The van der Waals surface area contributed by atoms with Gasteiger partial charge in [0.1, 0.15) is 6.61 Å². The minimum absolute atomic E-state index is 0.0672. The first kappa shape index (κ1) is 13.9. The van der Waals surface area contributed by atoms with Crippen LogP contribution in [-0.2, 0) is 19.1 Å². The number of hydrogen-bond acceptors (Lipinski definition) is 5. The second kappa shape index (κ2) is 5.46. The molecule has 6 heteroatoms. The molecule has 0 unspecified atom stereocenters. The van der Waals surface area contributed by atoms with Gasteiger partial charge >= 0.3 is 11.9 Å². The normalized spacial score (nSPS) is 23.4. The highest BCUT2D eigenvalue weighted by Gasteiger charge is 2.47. The maximum atomic E-state index is 11.7. The Kier molecular flexibility index (Phi) is 4.47. The fourth-order valence-corrected chi connectivity index (χ4v) is 1.63. The van der Waals surface area contributed by atoms with Crippen molar-refractivity contribution in [1.29, 1.82) is 0 Å². The van der Waals surface area contributed by atoms with E-state index in [4.69, 9.17) is 20.3 Å². The maximum absolute atomic E-state index is 11.7. The fourth-order valence-electron chi connectivity index (χ4n) is 1.63. The van der Waals surface area contributed by atoms with Gasteiger partial charge in [-0.05, 0) is 18.8 Å². The Labute approximate surface area is 100 Å². The Balaban J connectivity index is 2.56. The van der Waals surface area contributed by atoms with E-state index in [-0.39, 0.29) is 12.7 Å². The molecule has 17 heavy (non-hydrogen) atoms. The first-order valence-corrected chi connectivity index (χ1v) is 5.70. The molecule has 0 spiro atoms. The Morgan fingerprint density at radius 3 is 2.65 bits per heavy atom. The molecule has 1 fully saturated rings. The first-order valence-electron chi connectivity index (χ1n) is 5.70. The summed E-state index contributed by atoms with van der Waals surface area (Å²) in [5, 5.41) is 9.01. The van der Waals surface area contributed by atoms with Crippen molar-refractivity contribution >= 4 is 11.9 Å². The number of carboxylic acids is 1. The molecule has 0 aliphatic carbocycles. The van der Waals surface area contributed by atoms with Crippen LogP contribution in [0.5, 0.6) is 0 Å². The van der Waals surface area contributed by atoms with E-state index in [9.17, 15) is 9.59 Å². The number of carbonyl (C=O) groups excluding carboxylic acids is 1. The zero-order valence-corrected chi connectivity index (χ0v) is 10.1. The van der Waals surface area contributed by atoms with Crippen LogP contribution in [0, 0.1) is 5.92 Å². The van der Waals surface area contributed by atoms with Crippen LogP contribution in [0.3, 0.4) is 0 Å². The molecule has 1 aliphatic heterocycles. The van der Waals surface area contributed by atoms with Crippen LogP contribution in [0.15, 0.2) is 0 Å². The van der Waals surface area contributed by atoms with Gasteiger partial charge in [0.25, 0.3) is 0 Å². The fraction of sp³-hybridized carbons (Fsp3) is 0.818. The van der Waals surface area contributed by atoms with Crippen molar-refractivity contribution < 1.29 is 24.2 Å². The third-order valence-electron chi connectivity index (χ3n) is 3.03. The van der Waals surface area contributed by atoms with Crippen LogP contribution in [0.1, 0.15) is 26.7 Å². The molecule has 1 heterocycles. The number of ether oxygens (including phenoxy) is 2. The van der Waals surface area contributed by atoms with Gasteiger partial charge in [0.15, 0.2) is 0 Å². The van der Waals surface area contributed by atoms with Gasteiger partial charge < -0.3 is 20.3 Å². The summed E-state index contributed by atoms with van der Waals surface area (Å²) in [4.78, 5) is 22.8. The van der Waals surface area contributed by atoms with E-state index in [1.165, 1.54) is 0 Å². The predicted molar refractivity (Wildman–Crippen MR) is 59.3 cm³/mol. The highest BCUT2D eigenvalue weighted by Crippen LogP contribution is 2.18. The highest BCUT2D eigenvalue weighted by atomic mass is 16.6. The molecule has 0 bridgehead atoms. The van der Waals surface area contributed by atoms with Crippen molar-refractivity contribution in [2.45, 2.75) is 38.3 Å². The molecule has 6 nitrogen and oxygen atoms in total. The average molecular weight is 245 g/mol. The Hall–Kier alpha value is -1.14. The van der Waals surface area contributed by atoms with Crippen LogP contribution in [-0.4, -0.2) is 41.9 Å². The molecule has 1 saturated heterocycles. The third-order valence-corrected chi connectivity index (χ3v) is 3.03. The van der Waals surface area contributed by atoms with E-state index in [1.54, 1.807) is 13.8 Å². The van der Waals surface area contributed by atoms with Crippen molar-refractivity contribution in [1.82, 2.24) is 0 Å². The van der Waals surface area contributed by atoms with Gasteiger partial charge in [-0.3, -0.25) is 0 Å². The van der Waals surface area contributed by atoms with Gasteiger partial charge in [0.2, 0.25) is 5.54 Å². The largest absolute Gasteiger partial charge is 0.479 e. The second-order valence-corrected chi connectivity index (χ2v) is 4.56. The molecule has 0 saturated carbocycles. The van der Waals surface area contributed by atoms with E-state index >= 15 is 0 Å². The van der Waals surface area contributed by atoms with Gasteiger partial charge in [0.05, 0.1) is 6.10 Å². The highest BCUT2D eigenvalue weighted by molar-refractivity contribution is 6.04. The molecule has 0 radical (unpaired) electrons. The molecule has 0 aromatic carbocycles. The third kappa shape index (κ3) is 2.95. The minimum Gasteiger partial charge on any atom is -0.479 e. The molecule has 3 N–H and O–H groups in total. The number of rotatable bonds is 5. The number of hydrogen-bond donors (Lipinski definition) is 2. The molecule has 0 amide bonds. The zero-order chi connectivity index (χ0) is 13.1. The minimum atomic E-state index is -1.99. The van der Waals surface area contributed by atoms with Crippen LogP contribution >= 0.6 is 0 Å². The Morgan fingerprint density at radius 1 is 1.59 bits per heavy atom. The monoisotopic (exact) mass is 245 g/mol. The van der Waals surface area contributed by atoms with E-state index in [0.29, 0.717) is 6.61 Å². The van der Waals surface area contributed by atoms with Crippen LogP contribution in [0.25, 0.3) is 0 Å². The van der Waals surface area contributed by atoms with E-state index in [2.05, 4.69) is 0 Å². The summed E-state index contributed by atoms with van der Waals surface area (Å²) in [7, 11) is 0. The van der Waals surface area contributed by atoms with Gasteiger partial charge in [-0.1, -0.05) is 13.8 Å². The summed E-state index contributed by atoms with van der Waals surface area (Å²) in [5.41, 5.74) is 3.61. The average Bonchev–Trinajstić information content (AvgIpc) is 2.76. The number of aliphatic carboxylic acids is 1. The van der Waals surface area contributed by atoms with Crippen LogP contribution in [0.4, 0.5) is 0 Å². The lowest BCUT2D eigenvalue weighted by Crippen LogP contribution is -2.59. The van der Waals surface area contributed by atoms with E-state index in [0.717, 1.165) is 12.8 Å². The lowest BCUT2D eigenvalue weighted by atomic mass is 9.88. The lowest BCUT2D eigenvalue weighted by Gasteiger charge is -2.26. The number of carbonyl (C=O) groups is 2. The van der Waals surface area contributed by atoms with E-state index < -0.39 is 23.4 Å². The van der Waals surface area contributed by atoms with Gasteiger partial charge in [-0.25, -0.2) is 9.59 Å². The van der Waals surface area contributed by atoms with Crippen molar-refractivity contribution in [3.63, 3.8) is 0 Å². The molecule has 0 aromatic rings. The Bertz CT molecular complexity index is 298. The number of carboxylic acid groups (broad SMARTS) is 1. The van der Waals surface area contributed by atoms with Crippen molar-refractivity contribution in [2.24, 2.45) is 11.7 Å². The quantitative estimate of drug-likeness (QED) is 0.528. The lowest BCUT2D eigenvalue weighted by molar-refractivity contribution is -0.165. The van der Waals surface area contributed by atoms with Crippen LogP contribution < -0.4 is 5.73 Å². The molecule has 98 valence electrons. The van der Waals surface area contributed by atoms with Crippen molar-refractivity contribution in [2.75, 3.05) is 13.2 Å². The van der Waals surface area contributed by atoms with Crippen LogP contribution in [0.2, 0.25) is 0 Å². The van der Waals surface area contributed by atoms with E-state index in [1.807, 2.05) is 0 Å². The summed E-state index contributed by atoms with van der Waals surface area (Å²) in [5.74, 6) is -2.82. The molecular formula is C11H19NO5. The predicted octanol–water partition coefficient (Wildman–Crippen LogP) is 0.147. The number of nitrogens with two attached hydrogens (primary N) is 1. The standard InChI is InChI=1S/C11H19NO5/c1-7(2)11(12,9(13)14)10(15)17-6-8-4-3-5-16-8/h7-8H,3-6,12H2,1-2H3,(H,13,14)/t8-,11+/m1/s1. The SMILES string of the molecule is CC(C)[C@](N)(C(=O)O)C(=O)OC[C@H]1CCCO1. The topological polar surface area (TPSA) is 98.9 Å². The van der Waals surface area contributed by atoms with Gasteiger partial charge in [-0.2, -0.15) is 0 Å². The number of esters is 1. The summed E-state index contributed by atoms with van der Waals surface area (Å²) >= 11 is 0. The molecular weight excluding hydrogens is 226 g/mol. The first-order chi connectivity index (χ1) is 7.89. The molecule has 1 aliphatic rings. The molecule has 2 atom stereocenters. The second-order valence-electron chi connectivity index (χ2n) is 4.56. The summed E-state index contributed by atoms with van der Waals surface area (Å²) in [6, 6.07) is 0. The smallest absolute Gasteiger partial charge is 0.338 e. The zero-order valence-electron chi connectivity index (χ0n) is 10.1. The molecule has 1 rings (SSSR count). The molecule has 0 aromatic heterocycles. The summed E-state index contributed by atoms with van der Waals surface area (Å²) in [6.07, 6.45) is 1.61. The van der Waals surface area contributed by atoms with Gasteiger partial charge in [-0.15, -0.1) is 0 Å². The summed E-state index contributed by atoms with van der Waals surface area (Å²) in [6.45, 7) is 3.86. The van der Waals surface area contributed by atoms with Gasteiger partial charge in [0, 0.05) is 6.61 Å². The maximum Gasteiger partial charge on any atom is 0.338 e. The summed E-state index contributed by atoms with van der Waals surface area (Å²) < 4.78 is 10.2.